The molecular weight excluding hydrogens is 498 g/mol. The van der Waals surface area contributed by atoms with Crippen LogP contribution in [-0.2, 0) is 11.2 Å². The fourth-order valence-corrected chi connectivity index (χ4v) is 5.74. The summed E-state index contributed by atoms with van der Waals surface area (Å²) in [7, 11) is 0. The highest BCUT2D eigenvalue weighted by Crippen LogP contribution is 2.41. The highest BCUT2D eigenvalue weighted by Gasteiger charge is 2.31. The van der Waals surface area contributed by atoms with Gasteiger partial charge < -0.3 is 4.74 Å². The fourth-order valence-electron chi connectivity index (χ4n) is 5.74. The molecule has 3 aromatic rings. The molecule has 1 N–H and O–H groups in total. The number of aryl methyl sites for hydroxylation is 1. The Morgan fingerprint density at radius 3 is 2.48 bits per heavy atom. The van der Waals surface area contributed by atoms with Crippen LogP contribution in [0.15, 0.2) is 77.6 Å². The molecule has 1 saturated carbocycles. The zero-order chi connectivity index (χ0) is 27.8. The van der Waals surface area contributed by atoms with Gasteiger partial charge in [0.1, 0.15) is 11.9 Å². The van der Waals surface area contributed by atoms with Crippen LogP contribution in [0, 0.1) is 12.8 Å². The van der Waals surface area contributed by atoms with E-state index in [2.05, 4.69) is 54.7 Å². The molecule has 2 aromatic carbocycles. The SMILES string of the molecule is Cc1nc(C2CC2)c(Cc2ccc(-c3ccccc3C3=CCC(C)OC(=O)N3)cc2)c(=O)n1C1=CC=CCC1C. The molecule has 2 heterocycles. The van der Waals surface area contributed by atoms with Crippen LogP contribution in [-0.4, -0.2) is 21.7 Å². The number of ether oxygens (including phenoxy) is 1. The first kappa shape index (κ1) is 26.1. The lowest BCUT2D eigenvalue weighted by molar-refractivity contribution is 0.115. The molecule has 1 amide bonds. The van der Waals surface area contributed by atoms with E-state index < -0.39 is 6.09 Å². The van der Waals surface area contributed by atoms with Gasteiger partial charge in [0, 0.05) is 47.2 Å². The van der Waals surface area contributed by atoms with Crippen LogP contribution in [0.25, 0.3) is 22.5 Å². The second kappa shape index (κ2) is 10.8. The largest absolute Gasteiger partial charge is 0.446 e. The summed E-state index contributed by atoms with van der Waals surface area (Å²) < 4.78 is 7.17. The van der Waals surface area contributed by atoms with Gasteiger partial charge in [-0.05, 0) is 55.9 Å². The van der Waals surface area contributed by atoms with Crippen LogP contribution in [0.3, 0.4) is 0 Å². The van der Waals surface area contributed by atoms with Gasteiger partial charge in [-0.1, -0.05) is 73.7 Å². The van der Waals surface area contributed by atoms with Crippen LogP contribution in [0.1, 0.15) is 73.7 Å². The molecule has 0 saturated heterocycles. The van der Waals surface area contributed by atoms with Crippen LogP contribution >= 0.6 is 0 Å². The average molecular weight is 534 g/mol. The monoisotopic (exact) mass is 533 g/mol. The Morgan fingerprint density at radius 1 is 1.00 bits per heavy atom. The van der Waals surface area contributed by atoms with Crippen LogP contribution in [0.2, 0.25) is 0 Å². The van der Waals surface area contributed by atoms with Crippen molar-refractivity contribution in [1.82, 2.24) is 14.9 Å². The number of benzene rings is 2. The number of hydrogen-bond donors (Lipinski definition) is 1. The lowest BCUT2D eigenvalue weighted by atomic mass is 9.94. The van der Waals surface area contributed by atoms with Gasteiger partial charge in [0.15, 0.2) is 0 Å². The third kappa shape index (κ3) is 5.18. The normalized spacial score (nSPS) is 20.7. The maximum Gasteiger partial charge on any atom is 0.411 e. The number of nitrogens with one attached hydrogen (secondary N) is 1. The Kier molecular flexibility index (Phi) is 7.01. The van der Waals surface area contributed by atoms with Crippen molar-refractivity contribution in [3.05, 3.63) is 111 Å². The van der Waals surface area contributed by atoms with Gasteiger partial charge in [0.25, 0.3) is 5.56 Å². The number of carbonyl (C=O) groups excluding carboxylic acids is 1. The second-order valence-corrected chi connectivity index (χ2v) is 11.2. The van der Waals surface area contributed by atoms with Crippen molar-refractivity contribution in [1.29, 1.82) is 0 Å². The Hall–Kier alpha value is -4.19. The number of allylic oxidation sites excluding steroid dienone is 4. The smallest absolute Gasteiger partial charge is 0.411 e. The predicted molar refractivity (Wildman–Crippen MR) is 159 cm³/mol. The number of aromatic nitrogens is 2. The molecule has 1 fully saturated rings. The fraction of sp³-hybridized carbons (Fsp3) is 0.324. The highest BCUT2D eigenvalue weighted by molar-refractivity contribution is 5.88. The van der Waals surface area contributed by atoms with Gasteiger partial charge in [-0.15, -0.1) is 0 Å². The van der Waals surface area contributed by atoms with Crippen molar-refractivity contribution >= 4 is 17.5 Å². The van der Waals surface area contributed by atoms with Crippen molar-refractivity contribution in [2.45, 2.75) is 64.9 Å². The number of hydrogen-bond acceptors (Lipinski definition) is 4. The minimum absolute atomic E-state index is 0.0599. The molecule has 1 aliphatic heterocycles. The lowest BCUT2D eigenvalue weighted by Gasteiger charge is -2.23. The summed E-state index contributed by atoms with van der Waals surface area (Å²) in [6, 6.07) is 16.5. The summed E-state index contributed by atoms with van der Waals surface area (Å²) in [5, 5.41) is 2.90. The average Bonchev–Trinajstić information content (AvgIpc) is 3.80. The van der Waals surface area contributed by atoms with E-state index in [0.717, 1.165) is 70.0 Å². The number of alkyl carbamates (subject to hydrolysis) is 1. The molecule has 6 rings (SSSR count). The van der Waals surface area contributed by atoms with Crippen LogP contribution in [0.5, 0.6) is 0 Å². The van der Waals surface area contributed by atoms with Crippen molar-refractivity contribution in [3.8, 4) is 11.1 Å². The molecule has 6 heteroatoms. The molecule has 0 radical (unpaired) electrons. The molecule has 2 aliphatic carbocycles. The van der Waals surface area contributed by atoms with Crippen molar-refractivity contribution in [2.24, 2.45) is 5.92 Å². The predicted octanol–water partition coefficient (Wildman–Crippen LogP) is 6.98. The van der Waals surface area contributed by atoms with E-state index in [1.54, 1.807) is 0 Å². The molecule has 2 unspecified atom stereocenters. The van der Waals surface area contributed by atoms with Gasteiger partial charge in [-0.3, -0.25) is 14.7 Å². The number of cyclic esters (lactones) is 1. The van der Waals surface area contributed by atoms with Crippen molar-refractivity contribution in [3.63, 3.8) is 0 Å². The quantitative estimate of drug-likeness (QED) is 0.371. The summed E-state index contributed by atoms with van der Waals surface area (Å²) in [6.45, 7) is 6.00. The van der Waals surface area contributed by atoms with E-state index in [1.165, 1.54) is 0 Å². The van der Waals surface area contributed by atoms with E-state index in [4.69, 9.17) is 9.72 Å². The van der Waals surface area contributed by atoms with E-state index in [0.29, 0.717) is 18.8 Å². The standard InChI is InChI=1S/C34H35N3O3/c1-21-8-4-7-11-31(21)37-23(3)35-32(26-17-18-26)29(33(37)38)20-24-13-15-25(16-14-24)27-9-5-6-10-28(27)30-19-12-22(2)40-34(39)36-30/h4-7,9-11,13-16,19,21-22,26H,8,12,17-18,20H2,1-3H3,(H,36,39). The topological polar surface area (TPSA) is 73.2 Å². The minimum atomic E-state index is -0.431. The van der Waals surface area contributed by atoms with E-state index in [-0.39, 0.29) is 17.6 Å². The van der Waals surface area contributed by atoms with Gasteiger partial charge in [0.2, 0.25) is 0 Å². The Morgan fingerprint density at radius 2 is 1.75 bits per heavy atom. The third-order valence-electron chi connectivity index (χ3n) is 8.06. The van der Waals surface area contributed by atoms with Gasteiger partial charge in [-0.25, -0.2) is 9.78 Å². The molecule has 3 aliphatic rings. The number of amides is 1. The summed E-state index contributed by atoms with van der Waals surface area (Å²) in [6.07, 6.45) is 12.0. The van der Waals surface area contributed by atoms with Gasteiger partial charge in [-0.2, -0.15) is 0 Å². The molecule has 2 atom stereocenters. The Balaban J connectivity index is 1.33. The zero-order valence-electron chi connectivity index (χ0n) is 23.3. The lowest BCUT2D eigenvalue weighted by Crippen LogP contribution is -2.30. The first-order valence-corrected chi connectivity index (χ1v) is 14.2. The van der Waals surface area contributed by atoms with Crippen LogP contribution in [0.4, 0.5) is 4.79 Å². The Bertz CT molecular complexity index is 1610. The summed E-state index contributed by atoms with van der Waals surface area (Å²) >= 11 is 0. The first-order valence-electron chi connectivity index (χ1n) is 14.2. The zero-order valence-corrected chi connectivity index (χ0v) is 23.3. The molecular formula is C34H35N3O3. The maximum atomic E-state index is 14.0. The third-order valence-corrected chi connectivity index (χ3v) is 8.06. The van der Waals surface area contributed by atoms with Gasteiger partial charge in [0.05, 0.1) is 5.69 Å². The molecule has 204 valence electrons. The highest BCUT2D eigenvalue weighted by atomic mass is 16.6. The Labute approximate surface area is 235 Å². The second-order valence-electron chi connectivity index (χ2n) is 11.2. The summed E-state index contributed by atoms with van der Waals surface area (Å²) in [5.74, 6) is 1.43. The van der Waals surface area contributed by atoms with Crippen molar-refractivity contribution in [2.75, 3.05) is 0 Å². The van der Waals surface area contributed by atoms with E-state index in [9.17, 15) is 9.59 Å². The number of rotatable bonds is 6. The van der Waals surface area contributed by atoms with Crippen LogP contribution < -0.4 is 10.9 Å². The summed E-state index contributed by atoms with van der Waals surface area (Å²) in [5.41, 5.74) is 7.72. The number of nitrogens with zero attached hydrogens (tertiary/aromatic N) is 2. The molecule has 40 heavy (non-hydrogen) atoms. The molecule has 1 aromatic heterocycles. The first-order chi connectivity index (χ1) is 19.4. The molecule has 0 bridgehead atoms. The van der Waals surface area contributed by atoms with E-state index in [1.807, 2.05) is 48.8 Å². The molecule has 0 spiro atoms. The number of carbonyl (C=O) groups is 1. The van der Waals surface area contributed by atoms with E-state index >= 15 is 0 Å². The minimum Gasteiger partial charge on any atom is -0.446 e. The van der Waals surface area contributed by atoms with Gasteiger partial charge >= 0.3 is 6.09 Å². The molecule has 6 nitrogen and oxygen atoms in total. The summed E-state index contributed by atoms with van der Waals surface area (Å²) in [4.78, 5) is 31.2. The van der Waals surface area contributed by atoms with Crippen molar-refractivity contribution < 1.29 is 9.53 Å². The maximum absolute atomic E-state index is 14.0.